The Kier molecular flexibility index (Phi) is 3.31. The molecule has 1 saturated heterocycles. The summed E-state index contributed by atoms with van der Waals surface area (Å²) in [4.78, 5) is 0. The predicted molar refractivity (Wildman–Crippen MR) is 66.4 cm³/mol. The van der Waals surface area contributed by atoms with Gasteiger partial charge in [0.2, 0.25) is 0 Å². The van der Waals surface area contributed by atoms with Crippen molar-refractivity contribution in [2.24, 2.45) is 0 Å². The molecule has 1 fully saturated rings. The van der Waals surface area contributed by atoms with E-state index in [9.17, 15) is 5.11 Å². The van der Waals surface area contributed by atoms with E-state index >= 15 is 0 Å². The van der Waals surface area contributed by atoms with Gasteiger partial charge in [-0.05, 0) is 45.2 Å². The Morgan fingerprint density at radius 3 is 2.94 bits per heavy atom. The van der Waals surface area contributed by atoms with Crippen molar-refractivity contribution in [3.05, 3.63) is 35.4 Å². The van der Waals surface area contributed by atoms with Crippen LogP contribution in [0.1, 0.15) is 37.3 Å². The fourth-order valence-electron chi connectivity index (χ4n) is 2.51. The molecule has 1 aliphatic rings. The minimum absolute atomic E-state index is 0.468. The summed E-state index contributed by atoms with van der Waals surface area (Å²) >= 11 is 0. The largest absolute Gasteiger partial charge is 0.385 e. The summed E-state index contributed by atoms with van der Waals surface area (Å²) in [7, 11) is 0. The first kappa shape index (κ1) is 11.6. The first-order valence-corrected chi connectivity index (χ1v) is 6.11. The summed E-state index contributed by atoms with van der Waals surface area (Å²) in [5.74, 6) is 0. The molecule has 2 heteroatoms. The summed E-state index contributed by atoms with van der Waals surface area (Å²) in [5.41, 5.74) is 1.52. The zero-order valence-electron chi connectivity index (χ0n) is 10.2. The summed E-state index contributed by atoms with van der Waals surface area (Å²) in [6.45, 7) is 5.07. The zero-order chi connectivity index (χ0) is 11.6. The number of rotatable bonds is 3. The van der Waals surface area contributed by atoms with Gasteiger partial charge in [-0.3, -0.25) is 0 Å². The number of benzene rings is 1. The fraction of sp³-hybridized carbons (Fsp3) is 0.571. The van der Waals surface area contributed by atoms with E-state index in [1.54, 1.807) is 0 Å². The van der Waals surface area contributed by atoms with Gasteiger partial charge in [-0.2, -0.15) is 0 Å². The maximum atomic E-state index is 10.5. The highest BCUT2D eigenvalue weighted by Gasteiger charge is 2.28. The Hall–Kier alpha value is -0.860. The van der Waals surface area contributed by atoms with Crippen LogP contribution in [-0.2, 0) is 5.60 Å². The quantitative estimate of drug-likeness (QED) is 0.818. The lowest BCUT2D eigenvalue weighted by Gasteiger charge is -2.27. The summed E-state index contributed by atoms with van der Waals surface area (Å²) in [5, 5.41) is 14.0. The highest BCUT2D eigenvalue weighted by Crippen LogP contribution is 2.28. The minimum atomic E-state index is -0.714. The SMILES string of the molecule is Cc1cccc(C(C)(O)CC2CCCN2)c1. The molecule has 0 radical (unpaired) electrons. The van der Waals surface area contributed by atoms with Crippen LogP contribution in [0.3, 0.4) is 0 Å². The van der Waals surface area contributed by atoms with Crippen LogP contribution in [0.15, 0.2) is 24.3 Å². The number of hydrogen-bond acceptors (Lipinski definition) is 2. The average molecular weight is 219 g/mol. The smallest absolute Gasteiger partial charge is 0.0883 e. The van der Waals surface area contributed by atoms with Gasteiger partial charge in [-0.25, -0.2) is 0 Å². The third-order valence-electron chi connectivity index (χ3n) is 3.45. The summed E-state index contributed by atoms with van der Waals surface area (Å²) in [6, 6.07) is 8.64. The molecule has 2 nitrogen and oxygen atoms in total. The van der Waals surface area contributed by atoms with E-state index in [1.165, 1.54) is 18.4 Å². The number of aryl methyl sites for hydroxylation is 1. The number of nitrogens with one attached hydrogen (secondary N) is 1. The van der Waals surface area contributed by atoms with E-state index in [0.29, 0.717) is 6.04 Å². The van der Waals surface area contributed by atoms with Crippen molar-refractivity contribution in [3.8, 4) is 0 Å². The minimum Gasteiger partial charge on any atom is -0.385 e. The number of hydrogen-bond donors (Lipinski definition) is 2. The van der Waals surface area contributed by atoms with Gasteiger partial charge in [0.25, 0.3) is 0 Å². The van der Waals surface area contributed by atoms with Crippen molar-refractivity contribution in [1.29, 1.82) is 0 Å². The van der Waals surface area contributed by atoms with Crippen molar-refractivity contribution in [2.45, 2.75) is 44.8 Å². The summed E-state index contributed by atoms with van der Waals surface area (Å²) in [6.07, 6.45) is 3.22. The molecule has 1 aromatic carbocycles. The molecule has 0 aromatic heterocycles. The van der Waals surface area contributed by atoms with Crippen molar-refractivity contribution < 1.29 is 5.11 Å². The molecule has 1 heterocycles. The molecule has 1 aromatic rings. The van der Waals surface area contributed by atoms with Crippen LogP contribution >= 0.6 is 0 Å². The molecule has 1 aliphatic heterocycles. The average Bonchev–Trinajstić information content (AvgIpc) is 2.70. The van der Waals surface area contributed by atoms with Gasteiger partial charge < -0.3 is 10.4 Å². The third-order valence-corrected chi connectivity index (χ3v) is 3.45. The lowest BCUT2D eigenvalue weighted by molar-refractivity contribution is 0.0384. The van der Waals surface area contributed by atoms with Gasteiger partial charge in [0, 0.05) is 6.04 Å². The van der Waals surface area contributed by atoms with Gasteiger partial charge in [-0.15, -0.1) is 0 Å². The Balaban J connectivity index is 2.10. The molecule has 16 heavy (non-hydrogen) atoms. The van der Waals surface area contributed by atoms with Gasteiger partial charge in [-0.1, -0.05) is 29.8 Å². The van der Waals surface area contributed by atoms with Crippen molar-refractivity contribution in [3.63, 3.8) is 0 Å². The first-order valence-electron chi connectivity index (χ1n) is 6.11. The molecule has 2 N–H and O–H groups in total. The Bertz CT molecular complexity index is 354. The van der Waals surface area contributed by atoms with Crippen molar-refractivity contribution >= 4 is 0 Å². The van der Waals surface area contributed by atoms with E-state index in [-0.39, 0.29) is 0 Å². The molecule has 0 saturated carbocycles. The van der Waals surface area contributed by atoms with E-state index in [0.717, 1.165) is 18.5 Å². The maximum absolute atomic E-state index is 10.5. The van der Waals surface area contributed by atoms with Gasteiger partial charge >= 0.3 is 0 Å². The van der Waals surface area contributed by atoms with Crippen molar-refractivity contribution in [1.82, 2.24) is 5.32 Å². The topological polar surface area (TPSA) is 32.3 Å². The van der Waals surface area contributed by atoms with E-state index in [4.69, 9.17) is 0 Å². The van der Waals surface area contributed by atoms with Gasteiger partial charge in [0.1, 0.15) is 0 Å². The zero-order valence-corrected chi connectivity index (χ0v) is 10.2. The lowest BCUT2D eigenvalue weighted by atomic mass is 9.88. The summed E-state index contributed by atoms with van der Waals surface area (Å²) < 4.78 is 0. The molecule has 2 unspecified atom stereocenters. The third kappa shape index (κ3) is 2.63. The number of aliphatic hydroxyl groups is 1. The second-order valence-electron chi connectivity index (χ2n) is 5.14. The predicted octanol–water partition coefficient (Wildman–Crippen LogP) is 2.34. The molecule has 0 spiro atoms. The molecule has 2 atom stereocenters. The van der Waals surface area contributed by atoms with Gasteiger partial charge in [0.05, 0.1) is 5.60 Å². The van der Waals surface area contributed by atoms with E-state index in [2.05, 4.69) is 24.4 Å². The monoisotopic (exact) mass is 219 g/mol. The molecule has 0 aliphatic carbocycles. The first-order chi connectivity index (χ1) is 7.58. The Morgan fingerprint density at radius 2 is 2.31 bits per heavy atom. The second kappa shape index (κ2) is 4.56. The van der Waals surface area contributed by atoms with Crippen LogP contribution in [-0.4, -0.2) is 17.7 Å². The fourth-order valence-corrected chi connectivity index (χ4v) is 2.51. The maximum Gasteiger partial charge on any atom is 0.0883 e. The normalized spacial score (nSPS) is 24.3. The van der Waals surface area contributed by atoms with Crippen LogP contribution in [0.25, 0.3) is 0 Å². The van der Waals surface area contributed by atoms with Gasteiger partial charge in [0.15, 0.2) is 0 Å². The molecule has 0 bridgehead atoms. The molecular weight excluding hydrogens is 198 g/mol. The van der Waals surface area contributed by atoms with Crippen LogP contribution in [0.2, 0.25) is 0 Å². The lowest BCUT2D eigenvalue weighted by Crippen LogP contribution is -2.32. The molecule has 0 amide bonds. The van der Waals surface area contributed by atoms with Crippen LogP contribution in [0, 0.1) is 6.92 Å². The van der Waals surface area contributed by atoms with Crippen LogP contribution in [0.4, 0.5) is 0 Å². The van der Waals surface area contributed by atoms with Crippen LogP contribution < -0.4 is 5.32 Å². The highest BCUT2D eigenvalue weighted by atomic mass is 16.3. The molecule has 2 rings (SSSR count). The molecular formula is C14H21NO. The van der Waals surface area contributed by atoms with Crippen LogP contribution in [0.5, 0.6) is 0 Å². The molecule has 88 valence electrons. The highest BCUT2D eigenvalue weighted by molar-refractivity contribution is 5.27. The van der Waals surface area contributed by atoms with E-state index in [1.807, 2.05) is 19.1 Å². The Morgan fingerprint density at radius 1 is 1.50 bits per heavy atom. The van der Waals surface area contributed by atoms with E-state index < -0.39 is 5.60 Å². The second-order valence-corrected chi connectivity index (χ2v) is 5.14. The standard InChI is InChI=1S/C14H21NO/c1-11-5-3-6-12(9-11)14(2,16)10-13-7-4-8-15-13/h3,5-6,9,13,15-16H,4,7-8,10H2,1-2H3. The Labute approximate surface area is 97.7 Å². The van der Waals surface area contributed by atoms with Crippen molar-refractivity contribution in [2.75, 3.05) is 6.54 Å².